The Morgan fingerprint density at radius 1 is 1.45 bits per heavy atom. The Labute approximate surface area is 116 Å². The van der Waals surface area contributed by atoms with Crippen LogP contribution in [-0.2, 0) is 15.0 Å². The van der Waals surface area contributed by atoms with Gasteiger partial charge in [0.15, 0.2) is 0 Å². The Kier molecular flexibility index (Phi) is 4.78. The molecule has 0 aliphatic carbocycles. The predicted molar refractivity (Wildman–Crippen MR) is 70.6 cm³/mol. The maximum absolute atomic E-state index is 11.7. The summed E-state index contributed by atoms with van der Waals surface area (Å²) in [5, 5.41) is 18.9. The Balaban J connectivity index is 1.89. The molecule has 1 fully saturated rings. The molecule has 0 amide bonds. The van der Waals surface area contributed by atoms with E-state index in [4.69, 9.17) is 14.1 Å². The fourth-order valence-corrected chi connectivity index (χ4v) is 2.60. The highest BCUT2D eigenvalue weighted by molar-refractivity contribution is 7.85. The highest BCUT2D eigenvalue weighted by Gasteiger charge is 2.19. The van der Waals surface area contributed by atoms with E-state index >= 15 is 0 Å². The highest BCUT2D eigenvalue weighted by Crippen LogP contribution is 2.19. The Bertz CT molecular complexity index is 524. The van der Waals surface area contributed by atoms with Gasteiger partial charge in [-0.25, -0.2) is 0 Å². The van der Waals surface area contributed by atoms with Crippen molar-refractivity contribution in [3.05, 3.63) is 29.5 Å². The van der Waals surface area contributed by atoms with E-state index in [9.17, 15) is 13.6 Å². The molecular formula is C11H15N2O6S-. The smallest absolute Gasteiger partial charge is 0.382 e. The summed E-state index contributed by atoms with van der Waals surface area (Å²) >= 11 is 0. The van der Waals surface area contributed by atoms with Crippen molar-refractivity contribution < 1.29 is 22.5 Å². The number of nitrogens with zero attached hydrogens (tertiary/aromatic N) is 1. The molecule has 8 nitrogen and oxygen atoms in total. The third-order valence-corrected chi connectivity index (χ3v) is 3.71. The maximum Gasteiger partial charge on any atom is 0.382 e. The number of hydrogen-bond acceptors (Lipinski definition) is 7. The number of rotatable bonds is 6. The zero-order valence-electron chi connectivity index (χ0n) is 10.6. The second kappa shape index (κ2) is 6.37. The summed E-state index contributed by atoms with van der Waals surface area (Å²) in [4.78, 5) is 0. The minimum absolute atomic E-state index is 0.0259. The van der Waals surface area contributed by atoms with Gasteiger partial charge < -0.3 is 19.4 Å². The van der Waals surface area contributed by atoms with Crippen LogP contribution in [0.15, 0.2) is 24.3 Å². The van der Waals surface area contributed by atoms with E-state index in [0.29, 0.717) is 6.61 Å². The van der Waals surface area contributed by atoms with Crippen molar-refractivity contribution in [2.45, 2.75) is 18.9 Å². The van der Waals surface area contributed by atoms with Crippen molar-refractivity contribution in [3.8, 4) is 5.75 Å². The lowest BCUT2D eigenvalue weighted by molar-refractivity contribution is 0.114. The maximum atomic E-state index is 11.7. The standard InChI is InChI=1S/C11H15N2O6S/c14-13(15)9-3-5-10(6-4-9)19-20(16,17)12-8-11-2-1-7-18-11/h3-6,11-12,14H,1-2,7-8H2/q-1/t11-/m1/s1. The summed E-state index contributed by atoms with van der Waals surface area (Å²) < 4.78 is 35.7. The fraction of sp³-hybridized carbons (Fsp3) is 0.455. The predicted octanol–water partition coefficient (Wildman–Crippen LogP) is 0.772. The third kappa shape index (κ3) is 4.32. The average Bonchev–Trinajstić information content (AvgIpc) is 2.90. The number of hydrogen-bond donors (Lipinski definition) is 2. The highest BCUT2D eigenvalue weighted by atomic mass is 32.2. The fourth-order valence-electron chi connectivity index (χ4n) is 1.79. The molecule has 1 aromatic rings. The first-order valence-corrected chi connectivity index (χ1v) is 7.44. The van der Waals surface area contributed by atoms with Gasteiger partial charge in [0.05, 0.1) is 11.8 Å². The van der Waals surface area contributed by atoms with Gasteiger partial charge in [-0.05, 0) is 37.1 Å². The number of anilines is 1. The van der Waals surface area contributed by atoms with Crippen LogP contribution in [0, 0.1) is 5.21 Å². The quantitative estimate of drug-likeness (QED) is 0.747. The van der Waals surface area contributed by atoms with Crippen LogP contribution < -0.4 is 14.1 Å². The zero-order valence-corrected chi connectivity index (χ0v) is 11.4. The van der Waals surface area contributed by atoms with Gasteiger partial charge in [0, 0.05) is 13.2 Å². The van der Waals surface area contributed by atoms with Crippen molar-refractivity contribution in [1.82, 2.24) is 4.72 Å². The van der Waals surface area contributed by atoms with E-state index in [1.165, 1.54) is 24.3 Å². The average molecular weight is 303 g/mol. The third-order valence-electron chi connectivity index (χ3n) is 2.78. The van der Waals surface area contributed by atoms with Crippen molar-refractivity contribution in [1.29, 1.82) is 0 Å². The van der Waals surface area contributed by atoms with Crippen molar-refractivity contribution in [2.75, 3.05) is 18.4 Å². The van der Waals surface area contributed by atoms with E-state index in [1.54, 1.807) is 0 Å². The second-order valence-corrected chi connectivity index (χ2v) is 5.65. The van der Waals surface area contributed by atoms with Gasteiger partial charge in [0.25, 0.3) is 0 Å². The van der Waals surface area contributed by atoms with Gasteiger partial charge in [-0.15, -0.1) is 0 Å². The van der Waals surface area contributed by atoms with Crippen LogP contribution in [0.25, 0.3) is 0 Å². The van der Waals surface area contributed by atoms with Crippen LogP contribution >= 0.6 is 0 Å². The summed E-state index contributed by atoms with van der Waals surface area (Å²) in [6, 6.07) is 5.00. The summed E-state index contributed by atoms with van der Waals surface area (Å²) in [6.45, 7) is 0.799. The van der Waals surface area contributed by atoms with E-state index in [0.717, 1.165) is 12.8 Å². The molecule has 1 aromatic carbocycles. The summed E-state index contributed by atoms with van der Waals surface area (Å²) in [5.41, 5.74) is -0.0259. The molecule has 0 bridgehead atoms. The van der Waals surface area contributed by atoms with Gasteiger partial charge in [0.2, 0.25) is 0 Å². The van der Waals surface area contributed by atoms with E-state index < -0.39 is 10.3 Å². The lowest BCUT2D eigenvalue weighted by Gasteiger charge is -2.21. The first-order chi connectivity index (χ1) is 9.46. The molecular weight excluding hydrogens is 288 g/mol. The number of benzene rings is 1. The van der Waals surface area contributed by atoms with Crippen molar-refractivity contribution in [2.24, 2.45) is 0 Å². The van der Waals surface area contributed by atoms with Gasteiger partial charge in [-0.1, -0.05) is 0 Å². The van der Waals surface area contributed by atoms with Crippen LogP contribution in [-0.4, -0.2) is 32.9 Å². The van der Waals surface area contributed by atoms with Gasteiger partial charge in [0.1, 0.15) is 5.75 Å². The van der Waals surface area contributed by atoms with Gasteiger partial charge in [-0.3, -0.25) is 5.21 Å². The minimum Gasteiger partial charge on any atom is -0.733 e. The first-order valence-electron chi connectivity index (χ1n) is 6.03. The Morgan fingerprint density at radius 3 is 2.70 bits per heavy atom. The normalized spacial score (nSPS) is 19.0. The zero-order chi connectivity index (χ0) is 14.6. The summed E-state index contributed by atoms with van der Waals surface area (Å²) in [5.74, 6) is 0.0374. The lowest BCUT2D eigenvalue weighted by atomic mass is 10.2. The molecule has 9 heteroatoms. The van der Waals surface area contributed by atoms with Crippen LogP contribution in [0.1, 0.15) is 12.8 Å². The first kappa shape index (κ1) is 15.0. The number of nitrogens with one attached hydrogen (secondary N) is 1. The second-order valence-electron chi connectivity index (χ2n) is 4.29. The molecule has 2 N–H and O–H groups in total. The molecule has 1 heterocycles. The van der Waals surface area contributed by atoms with Crippen LogP contribution in [0.4, 0.5) is 5.69 Å². The summed E-state index contributed by atoms with van der Waals surface area (Å²) in [7, 11) is -3.94. The lowest BCUT2D eigenvalue weighted by Crippen LogP contribution is -2.34. The molecule has 1 atom stereocenters. The monoisotopic (exact) mass is 303 g/mol. The van der Waals surface area contributed by atoms with Crippen LogP contribution in [0.2, 0.25) is 0 Å². The molecule has 0 unspecified atom stereocenters. The molecule has 0 spiro atoms. The molecule has 2 rings (SSSR count). The molecule has 1 aliphatic heterocycles. The van der Waals surface area contributed by atoms with Gasteiger partial charge in [-0.2, -0.15) is 13.1 Å². The SMILES string of the molecule is O=S(=O)(NC[C@H]1CCCO1)Oc1ccc(N([O-])O)cc1. The molecule has 1 aliphatic rings. The Hall–Kier alpha value is -1.39. The molecule has 112 valence electrons. The molecule has 0 aromatic heterocycles. The number of ether oxygens (including phenoxy) is 1. The molecule has 0 radical (unpaired) electrons. The minimum atomic E-state index is -3.94. The van der Waals surface area contributed by atoms with E-state index in [2.05, 4.69) is 4.72 Å². The van der Waals surface area contributed by atoms with Crippen molar-refractivity contribution >= 4 is 16.0 Å². The van der Waals surface area contributed by atoms with Crippen molar-refractivity contribution in [3.63, 3.8) is 0 Å². The van der Waals surface area contributed by atoms with E-state index in [1.807, 2.05) is 0 Å². The van der Waals surface area contributed by atoms with Gasteiger partial charge >= 0.3 is 10.3 Å². The molecule has 20 heavy (non-hydrogen) atoms. The van der Waals surface area contributed by atoms with Crippen LogP contribution in [0.3, 0.4) is 0 Å². The largest absolute Gasteiger partial charge is 0.733 e. The van der Waals surface area contributed by atoms with Crippen LogP contribution in [0.5, 0.6) is 5.75 Å². The topological polar surface area (TPSA) is 111 Å². The Morgan fingerprint density at radius 2 is 2.15 bits per heavy atom. The summed E-state index contributed by atoms with van der Waals surface area (Å²) in [6.07, 6.45) is 1.60. The molecule has 1 saturated heterocycles. The van der Waals surface area contributed by atoms with E-state index in [-0.39, 0.29) is 29.3 Å². The molecule has 0 saturated carbocycles.